The SMILES string of the molecule is Cl.NC1CCN(C(=O)c2ccc(F)cc2OC(F)F)CC1. The third kappa shape index (κ3) is 4.50. The zero-order chi connectivity index (χ0) is 14.7. The van der Waals surface area contributed by atoms with Gasteiger partial charge in [0.2, 0.25) is 0 Å². The monoisotopic (exact) mass is 324 g/mol. The lowest BCUT2D eigenvalue weighted by molar-refractivity contribution is -0.0504. The van der Waals surface area contributed by atoms with Crippen molar-refractivity contribution in [3.63, 3.8) is 0 Å². The number of halogens is 4. The summed E-state index contributed by atoms with van der Waals surface area (Å²) in [6.45, 7) is -2.21. The first kappa shape index (κ1) is 17.6. The van der Waals surface area contributed by atoms with Gasteiger partial charge in [0.15, 0.2) is 0 Å². The fourth-order valence-electron chi connectivity index (χ4n) is 2.14. The summed E-state index contributed by atoms with van der Waals surface area (Å²) in [6, 6.07) is 3.03. The minimum absolute atomic E-state index is 0. The number of benzene rings is 1. The standard InChI is InChI=1S/C13H15F3N2O2.ClH/c14-8-1-2-10(11(7-8)20-13(15)16)12(19)18-5-3-9(17)4-6-18;/h1-2,7,9,13H,3-6,17H2;1H. The molecule has 1 saturated heterocycles. The van der Waals surface area contributed by atoms with Gasteiger partial charge in [-0.25, -0.2) is 4.39 Å². The minimum Gasteiger partial charge on any atom is -0.434 e. The Bertz CT molecular complexity index is 494. The Morgan fingerprint density at radius 2 is 1.95 bits per heavy atom. The van der Waals surface area contributed by atoms with E-state index in [-0.39, 0.29) is 24.0 Å². The summed E-state index contributed by atoms with van der Waals surface area (Å²) >= 11 is 0. The number of rotatable bonds is 3. The van der Waals surface area contributed by atoms with Crippen LogP contribution in [0.2, 0.25) is 0 Å². The second-order valence-corrected chi connectivity index (χ2v) is 4.65. The van der Waals surface area contributed by atoms with Crippen molar-refractivity contribution in [3.05, 3.63) is 29.6 Å². The highest BCUT2D eigenvalue weighted by molar-refractivity contribution is 5.97. The molecular weight excluding hydrogens is 309 g/mol. The highest BCUT2D eigenvalue weighted by atomic mass is 35.5. The number of nitrogens with two attached hydrogens (primary N) is 1. The molecule has 1 aromatic carbocycles. The molecule has 0 aliphatic carbocycles. The third-order valence-corrected chi connectivity index (χ3v) is 3.22. The van der Waals surface area contributed by atoms with E-state index in [0.29, 0.717) is 25.9 Å². The average Bonchev–Trinajstić information content (AvgIpc) is 2.38. The number of carbonyl (C=O) groups excluding carboxylic acids is 1. The first-order valence-corrected chi connectivity index (χ1v) is 6.26. The van der Waals surface area contributed by atoms with Crippen LogP contribution in [-0.2, 0) is 0 Å². The fourth-order valence-corrected chi connectivity index (χ4v) is 2.14. The number of likely N-dealkylation sites (tertiary alicyclic amines) is 1. The molecule has 1 amide bonds. The van der Waals surface area contributed by atoms with Gasteiger partial charge >= 0.3 is 6.61 Å². The fraction of sp³-hybridized carbons (Fsp3) is 0.462. The number of hydrogen-bond donors (Lipinski definition) is 1. The smallest absolute Gasteiger partial charge is 0.387 e. The number of hydrogen-bond acceptors (Lipinski definition) is 3. The Morgan fingerprint density at radius 3 is 2.52 bits per heavy atom. The van der Waals surface area contributed by atoms with Gasteiger partial charge in [-0.3, -0.25) is 4.79 Å². The van der Waals surface area contributed by atoms with Crippen LogP contribution in [-0.4, -0.2) is 36.5 Å². The Kier molecular flexibility index (Phi) is 6.29. The topological polar surface area (TPSA) is 55.6 Å². The van der Waals surface area contributed by atoms with Gasteiger partial charge in [-0.05, 0) is 25.0 Å². The lowest BCUT2D eigenvalue weighted by Crippen LogP contribution is -2.43. The molecule has 0 radical (unpaired) electrons. The molecule has 21 heavy (non-hydrogen) atoms. The maximum atomic E-state index is 13.1. The first-order chi connectivity index (χ1) is 9.47. The molecule has 1 heterocycles. The summed E-state index contributed by atoms with van der Waals surface area (Å²) in [7, 11) is 0. The highest BCUT2D eigenvalue weighted by Gasteiger charge is 2.25. The molecule has 1 aliphatic rings. The van der Waals surface area contributed by atoms with E-state index in [4.69, 9.17) is 5.73 Å². The quantitative estimate of drug-likeness (QED) is 0.929. The van der Waals surface area contributed by atoms with Crippen molar-refractivity contribution in [1.29, 1.82) is 0 Å². The zero-order valence-electron chi connectivity index (χ0n) is 11.1. The molecule has 4 nitrogen and oxygen atoms in total. The van der Waals surface area contributed by atoms with Crippen molar-refractivity contribution >= 4 is 18.3 Å². The van der Waals surface area contributed by atoms with E-state index in [1.165, 1.54) is 4.90 Å². The van der Waals surface area contributed by atoms with Gasteiger partial charge in [0.05, 0.1) is 5.56 Å². The van der Waals surface area contributed by atoms with E-state index in [9.17, 15) is 18.0 Å². The lowest BCUT2D eigenvalue weighted by Gasteiger charge is -2.30. The maximum absolute atomic E-state index is 13.1. The van der Waals surface area contributed by atoms with Gasteiger partial charge in [0.1, 0.15) is 11.6 Å². The number of ether oxygens (including phenoxy) is 1. The van der Waals surface area contributed by atoms with Gasteiger partial charge in [-0.2, -0.15) is 8.78 Å². The molecule has 1 aromatic rings. The largest absolute Gasteiger partial charge is 0.434 e. The summed E-state index contributed by atoms with van der Waals surface area (Å²) in [5, 5.41) is 0. The first-order valence-electron chi connectivity index (χ1n) is 6.26. The van der Waals surface area contributed by atoms with Crippen molar-refractivity contribution in [1.82, 2.24) is 4.90 Å². The van der Waals surface area contributed by atoms with E-state index in [1.807, 2.05) is 0 Å². The third-order valence-electron chi connectivity index (χ3n) is 3.22. The van der Waals surface area contributed by atoms with Crippen LogP contribution in [0.4, 0.5) is 13.2 Å². The summed E-state index contributed by atoms with van der Waals surface area (Å²) in [4.78, 5) is 13.8. The minimum atomic E-state index is -3.11. The van der Waals surface area contributed by atoms with E-state index >= 15 is 0 Å². The maximum Gasteiger partial charge on any atom is 0.387 e. The predicted octanol–water partition coefficient (Wildman–Crippen LogP) is 2.41. The predicted molar refractivity (Wildman–Crippen MR) is 73.4 cm³/mol. The molecule has 118 valence electrons. The summed E-state index contributed by atoms with van der Waals surface area (Å²) in [5.41, 5.74) is 5.67. The van der Waals surface area contributed by atoms with Crippen molar-refractivity contribution < 1.29 is 22.7 Å². The Balaban J connectivity index is 0.00000220. The van der Waals surface area contributed by atoms with Gasteiger partial charge in [-0.1, -0.05) is 0 Å². The molecule has 0 saturated carbocycles. The van der Waals surface area contributed by atoms with Crippen molar-refractivity contribution in [2.45, 2.75) is 25.5 Å². The molecule has 8 heteroatoms. The van der Waals surface area contributed by atoms with E-state index in [2.05, 4.69) is 4.74 Å². The Labute approximate surface area is 126 Å². The molecule has 0 atom stereocenters. The summed E-state index contributed by atoms with van der Waals surface area (Å²) < 4.78 is 41.9. The number of nitrogens with zero attached hydrogens (tertiary/aromatic N) is 1. The molecule has 1 aliphatic heterocycles. The summed E-state index contributed by atoms with van der Waals surface area (Å²) in [5.74, 6) is -1.63. The van der Waals surface area contributed by atoms with Gasteiger partial charge in [-0.15, -0.1) is 12.4 Å². The van der Waals surface area contributed by atoms with Gasteiger partial charge in [0, 0.05) is 25.2 Å². The average molecular weight is 325 g/mol. The normalized spacial score (nSPS) is 15.8. The van der Waals surface area contributed by atoms with Crippen LogP contribution in [0.1, 0.15) is 23.2 Å². The molecule has 2 rings (SSSR count). The number of piperidine rings is 1. The molecular formula is C13H16ClF3N2O2. The van der Waals surface area contributed by atoms with Crippen molar-refractivity contribution in [3.8, 4) is 5.75 Å². The highest BCUT2D eigenvalue weighted by Crippen LogP contribution is 2.24. The Morgan fingerprint density at radius 1 is 1.33 bits per heavy atom. The van der Waals surface area contributed by atoms with Crippen LogP contribution in [0.25, 0.3) is 0 Å². The Hall–Kier alpha value is -1.47. The van der Waals surface area contributed by atoms with Gasteiger partial charge < -0.3 is 15.4 Å². The van der Waals surface area contributed by atoms with Gasteiger partial charge in [0.25, 0.3) is 5.91 Å². The van der Waals surface area contributed by atoms with Crippen LogP contribution in [0.3, 0.4) is 0 Å². The zero-order valence-corrected chi connectivity index (χ0v) is 11.9. The lowest BCUT2D eigenvalue weighted by atomic mass is 10.0. The number of amides is 1. The van der Waals surface area contributed by atoms with Crippen LogP contribution >= 0.6 is 12.4 Å². The van der Waals surface area contributed by atoms with Crippen LogP contribution in [0.15, 0.2) is 18.2 Å². The second kappa shape index (κ2) is 7.51. The van der Waals surface area contributed by atoms with E-state index in [0.717, 1.165) is 18.2 Å². The van der Waals surface area contributed by atoms with Crippen LogP contribution in [0, 0.1) is 5.82 Å². The number of carbonyl (C=O) groups is 1. The van der Waals surface area contributed by atoms with E-state index in [1.54, 1.807) is 0 Å². The van der Waals surface area contributed by atoms with Crippen LogP contribution < -0.4 is 10.5 Å². The van der Waals surface area contributed by atoms with Crippen molar-refractivity contribution in [2.24, 2.45) is 5.73 Å². The molecule has 0 bridgehead atoms. The van der Waals surface area contributed by atoms with Crippen LogP contribution in [0.5, 0.6) is 5.75 Å². The number of alkyl halides is 2. The summed E-state index contributed by atoms with van der Waals surface area (Å²) in [6.07, 6.45) is 1.30. The molecule has 0 spiro atoms. The van der Waals surface area contributed by atoms with Crippen molar-refractivity contribution in [2.75, 3.05) is 13.1 Å². The second-order valence-electron chi connectivity index (χ2n) is 4.65. The molecule has 0 unspecified atom stereocenters. The van der Waals surface area contributed by atoms with E-state index < -0.39 is 24.1 Å². The molecule has 1 fully saturated rings. The molecule has 2 N–H and O–H groups in total. The molecule has 0 aromatic heterocycles.